The van der Waals surface area contributed by atoms with Crippen molar-refractivity contribution in [1.82, 2.24) is 4.72 Å². The lowest BCUT2D eigenvalue weighted by atomic mass is 10.0. The Morgan fingerprint density at radius 2 is 2.00 bits per heavy atom. The maximum absolute atomic E-state index is 13.0. The number of rotatable bonds is 3. The Morgan fingerprint density at radius 1 is 1.21 bits per heavy atom. The van der Waals surface area contributed by atoms with Crippen LogP contribution in [0.25, 0.3) is 0 Å². The minimum absolute atomic E-state index is 0.132. The Labute approximate surface area is 146 Å². The van der Waals surface area contributed by atoms with Crippen LogP contribution in [0.1, 0.15) is 34.5 Å². The van der Waals surface area contributed by atoms with Gasteiger partial charge in [-0.25, -0.2) is 13.1 Å². The summed E-state index contributed by atoms with van der Waals surface area (Å²) in [7, 11) is -2.16. The zero-order chi connectivity index (χ0) is 17.2. The van der Waals surface area contributed by atoms with Gasteiger partial charge in [0.1, 0.15) is 0 Å². The number of carbonyl (C=O) groups excluding carboxylic acids is 1. The Kier molecular flexibility index (Phi) is 5.03. The lowest BCUT2D eigenvalue weighted by Gasteiger charge is -2.27. The Balaban J connectivity index is 1.95. The van der Waals surface area contributed by atoms with Crippen molar-refractivity contribution in [2.24, 2.45) is 0 Å². The molecule has 0 atom stereocenters. The smallest absolute Gasteiger partial charge is 0.268 e. The van der Waals surface area contributed by atoms with E-state index in [-0.39, 0.29) is 10.8 Å². The summed E-state index contributed by atoms with van der Waals surface area (Å²) in [5.74, 6) is -0.132. The number of amides is 1. The quantitative estimate of drug-likeness (QED) is 0.910. The fourth-order valence-corrected chi connectivity index (χ4v) is 4.85. The van der Waals surface area contributed by atoms with Crippen LogP contribution in [0.3, 0.4) is 0 Å². The molecule has 2 aromatic rings. The Hall–Kier alpha value is -1.70. The van der Waals surface area contributed by atoms with Gasteiger partial charge in [0, 0.05) is 17.6 Å². The molecule has 1 aliphatic rings. The predicted octanol–water partition coefficient (Wildman–Crippen LogP) is 3.03. The lowest BCUT2D eigenvalue weighted by molar-refractivity contribution is 0.0989. The molecule has 7 heteroatoms. The van der Waals surface area contributed by atoms with Gasteiger partial charge in [0.25, 0.3) is 5.91 Å². The third kappa shape index (κ3) is 3.38. The molecule has 1 aromatic carbocycles. The number of thiophene rings is 1. The summed E-state index contributed by atoms with van der Waals surface area (Å²) in [6, 6.07) is 9.42. The van der Waals surface area contributed by atoms with Crippen LogP contribution in [-0.2, 0) is 16.4 Å². The highest BCUT2D eigenvalue weighted by atomic mass is 32.2. The van der Waals surface area contributed by atoms with E-state index in [1.165, 1.54) is 35.4 Å². The molecule has 0 bridgehead atoms. The van der Waals surface area contributed by atoms with Gasteiger partial charge in [-0.3, -0.25) is 4.79 Å². The third-order valence-electron chi connectivity index (χ3n) is 4.22. The van der Waals surface area contributed by atoms with Crippen molar-refractivity contribution in [1.29, 1.82) is 0 Å². The molecule has 0 saturated heterocycles. The number of hydrogen-bond acceptors (Lipinski definition) is 4. The molecule has 1 aromatic heterocycles. The van der Waals surface area contributed by atoms with Crippen molar-refractivity contribution in [3.8, 4) is 0 Å². The average molecular weight is 364 g/mol. The summed E-state index contributed by atoms with van der Waals surface area (Å²) >= 11 is 1.17. The maximum atomic E-state index is 13.0. The summed E-state index contributed by atoms with van der Waals surface area (Å²) in [4.78, 5) is 15.3. The fraction of sp³-hybridized carbons (Fsp3) is 0.353. The van der Waals surface area contributed by atoms with Crippen molar-refractivity contribution in [3.63, 3.8) is 0 Å². The molecule has 24 heavy (non-hydrogen) atoms. The molecular formula is C17H20N2O3S2. The molecule has 3 rings (SSSR count). The van der Waals surface area contributed by atoms with Crippen LogP contribution in [0.5, 0.6) is 0 Å². The van der Waals surface area contributed by atoms with E-state index in [2.05, 4.69) is 10.8 Å². The van der Waals surface area contributed by atoms with Gasteiger partial charge >= 0.3 is 0 Å². The Morgan fingerprint density at radius 3 is 2.79 bits per heavy atom. The second kappa shape index (κ2) is 7.04. The van der Waals surface area contributed by atoms with Crippen molar-refractivity contribution in [3.05, 3.63) is 46.2 Å². The summed E-state index contributed by atoms with van der Waals surface area (Å²) in [6.45, 7) is 0.655. The normalized spacial score (nSPS) is 15.5. The highest BCUT2D eigenvalue weighted by Crippen LogP contribution is 2.29. The van der Waals surface area contributed by atoms with E-state index >= 15 is 0 Å². The molecule has 1 N–H and O–H groups in total. The first-order valence-corrected chi connectivity index (χ1v) is 10.3. The van der Waals surface area contributed by atoms with Crippen molar-refractivity contribution in [2.75, 3.05) is 18.5 Å². The van der Waals surface area contributed by atoms with Gasteiger partial charge in [-0.1, -0.05) is 24.6 Å². The average Bonchev–Trinajstić information content (AvgIpc) is 3.06. The summed E-state index contributed by atoms with van der Waals surface area (Å²) in [5, 5.41) is 1.51. The van der Waals surface area contributed by atoms with Crippen LogP contribution in [-0.4, -0.2) is 27.9 Å². The van der Waals surface area contributed by atoms with Gasteiger partial charge in [-0.2, -0.15) is 0 Å². The van der Waals surface area contributed by atoms with Gasteiger partial charge in [-0.05, 0) is 44.0 Å². The molecule has 0 fully saturated rings. The largest absolute Gasteiger partial charge is 0.307 e. The first kappa shape index (κ1) is 17.1. The second-order valence-corrected chi connectivity index (χ2v) is 8.55. The molecular weight excluding hydrogens is 344 g/mol. The number of benzene rings is 1. The summed E-state index contributed by atoms with van der Waals surface area (Å²) in [6.07, 6.45) is 4.13. The number of fused-ring (bicyclic) bond motifs is 1. The number of aryl methyl sites for hydroxylation is 1. The fourth-order valence-electron chi connectivity index (χ4n) is 2.90. The van der Waals surface area contributed by atoms with Crippen molar-refractivity contribution < 1.29 is 13.2 Å². The topological polar surface area (TPSA) is 66.5 Å². The molecule has 1 aliphatic heterocycles. The molecule has 0 saturated carbocycles. The third-order valence-corrected chi connectivity index (χ3v) is 6.68. The predicted molar refractivity (Wildman–Crippen MR) is 96.2 cm³/mol. The van der Waals surface area contributed by atoms with Crippen LogP contribution in [0.4, 0.5) is 5.69 Å². The van der Waals surface area contributed by atoms with E-state index in [9.17, 15) is 13.2 Å². The standard InChI is InChI=1S/C17H20N2O3S2/c1-18-24(21,22)14-11-16(23-12-14)17(20)19-10-6-2-3-7-13-8-4-5-9-15(13)19/h4-5,8-9,11-12,18H,2-3,6-7,10H2,1H3. The first-order valence-electron chi connectivity index (χ1n) is 7.95. The maximum Gasteiger partial charge on any atom is 0.268 e. The monoisotopic (exact) mass is 364 g/mol. The second-order valence-electron chi connectivity index (χ2n) is 5.75. The number of nitrogens with zero attached hydrogens (tertiary/aromatic N) is 1. The molecule has 5 nitrogen and oxygen atoms in total. The molecule has 0 aliphatic carbocycles. The van der Waals surface area contributed by atoms with E-state index in [0.29, 0.717) is 11.4 Å². The molecule has 128 valence electrons. The minimum Gasteiger partial charge on any atom is -0.307 e. The number of sulfonamides is 1. The Bertz CT molecular complexity index is 843. The van der Waals surface area contributed by atoms with E-state index in [1.54, 1.807) is 4.90 Å². The van der Waals surface area contributed by atoms with Crippen molar-refractivity contribution in [2.45, 2.75) is 30.6 Å². The van der Waals surface area contributed by atoms with Gasteiger partial charge in [0.05, 0.1) is 9.77 Å². The van der Waals surface area contributed by atoms with Crippen LogP contribution < -0.4 is 9.62 Å². The molecule has 1 amide bonds. The SMILES string of the molecule is CNS(=O)(=O)c1csc(C(=O)N2CCCCCc3ccccc32)c1. The minimum atomic E-state index is -3.53. The van der Waals surface area contributed by atoms with Crippen LogP contribution in [0, 0.1) is 0 Å². The van der Waals surface area contributed by atoms with Gasteiger partial charge in [0.15, 0.2) is 0 Å². The number of hydrogen-bond donors (Lipinski definition) is 1. The van der Waals surface area contributed by atoms with Crippen LogP contribution in [0.2, 0.25) is 0 Å². The zero-order valence-corrected chi connectivity index (χ0v) is 15.1. The molecule has 0 radical (unpaired) electrons. The van der Waals surface area contributed by atoms with Gasteiger partial charge < -0.3 is 4.90 Å². The molecule has 0 spiro atoms. The van der Waals surface area contributed by atoms with Crippen LogP contribution >= 0.6 is 11.3 Å². The van der Waals surface area contributed by atoms with E-state index in [4.69, 9.17) is 0 Å². The van der Waals surface area contributed by atoms with Crippen molar-refractivity contribution >= 4 is 33.0 Å². The summed E-state index contributed by atoms with van der Waals surface area (Å²) < 4.78 is 26.0. The highest BCUT2D eigenvalue weighted by Gasteiger charge is 2.24. The molecule has 2 heterocycles. The number of anilines is 1. The first-order chi connectivity index (χ1) is 11.5. The van der Waals surface area contributed by atoms with Gasteiger partial charge in [0.2, 0.25) is 10.0 Å². The highest BCUT2D eigenvalue weighted by molar-refractivity contribution is 7.89. The summed E-state index contributed by atoms with van der Waals surface area (Å²) in [5.41, 5.74) is 2.11. The van der Waals surface area contributed by atoms with E-state index in [0.717, 1.165) is 31.4 Å². The van der Waals surface area contributed by atoms with Gasteiger partial charge in [-0.15, -0.1) is 11.3 Å². The number of nitrogens with one attached hydrogen (secondary N) is 1. The molecule has 0 unspecified atom stereocenters. The van der Waals surface area contributed by atoms with Crippen LogP contribution in [0.15, 0.2) is 40.6 Å². The lowest BCUT2D eigenvalue weighted by Crippen LogP contribution is -2.33. The van der Waals surface area contributed by atoms with E-state index in [1.807, 2.05) is 18.2 Å². The zero-order valence-electron chi connectivity index (χ0n) is 13.5. The van der Waals surface area contributed by atoms with E-state index < -0.39 is 10.0 Å². The number of para-hydroxylation sites is 1. The number of carbonyl (C=O) groups is 1.